The van der Waals surface area contributed by atoms with Crippen LogP contribution in [0.1, 0.15) is 51.9 Å². The number of carboxylic acids is 1. The van der Waals surface area contributed by atoms with E-state index in [-0.39, 0.29) is 19.0 Å². The summed E-state index contributed by atoms with van der Waals surface area (Å²) in [4.78, 5) is 21.9. The van der Waals surface area contributed by atoms with Gasteiger partial charge in [0.15, 0.2) is 0 Å². The molecule has 0 unspecified atom stereocenters. The molecule has 4 nitrogen and oxygen atoms in total. The molecule has 21 heavy (non-hydrogen) atoms. The van der Waals surface area contributed by atoms with Crippen molar-refractivity contribution < 1.29 is 19.4 Å². The van der Waals surface area contributed by atoms with Crippen LogP contribution in [0.15, 0.2) is 36.5 Å². The molecule has 0 bridgehead atoms. The summed E-state index contributed by atoms with van der Waals surface area (Å²) >= 11 is 0. The molecule has 0 atom stereocenters. The van der Waals surface area contributed by atoms with Gasteiger partial charge in [-0.15, -0.1) is 0 Å². The first-order valence-corrected chi connectivity index (χ1v) is 7.41. The van der Waals surface area contributed by atoms with Crippen molar-refractivity contribution in [2.45, 2.75) is 51.9 Å². The standard InChI is InChI=1S/C17H26O4/c1-3-5-11-15(4-2)14-21-17(20)13-10-8-6-7-9-12-16(18)19/h3-5,11H,2,6-10,12-14H2,1H3,(H,18,19)/b5-3-,15-11+. The number of aliphatic carboxylic acids is 1. The van der Waals surface area contributed by atoms with Crippen molar-refractivity contribution in [2.75, 3.05) is 6.61 Å². The van der Waals surface area contributed by atoms with E-state index < -0.39 is 5.97 Å². The predicted molar refractivity (Wildman–Crippen MR) is 84.0 cm³/mol. The SMILES string of the molecule is C=C/C(=C\C=C/C)COC(=O)CCCCCCCC(=O)O. The topological polar surface area (TPSA) is 63.6 Å². The normalized spacial score (nSPS) is 11.6. The zero-order valence-corrected chi connectivity index (χ0v) is 12.8. The van der Waals surface area contributed by atoms with Crippen LogP contribution in [0.25, 0.3) is 0 Å². The summed E-state index contributed by atoms with van der Waals surface area (Å²) in [7, 11) is 0. The van der Waals surface area contributed by atoms with E-state index in [1.807, 2.05) is 25.2 Å². The molecule has 0 aromatic heterocycles. The average molecular weight is 294 g/mol. The van der Waals surface area contributed by atoms with Gasteiger partial charge in [0.1, 0.15) is 6.61 Å². The van der Waals surface area contributed by atoms with E-state index in [9.17, 15) is 9.59 Å². The van der Waals surface area contributed by atoms with Crippen molar-refractivity contribution in [1.29, 1.82) is 0 Å². The van der Waals surface area contributed by atoms with E-state index >= 15 is 0 Å². The van der Waals surface area contributed by atoms with E-state index in [0.29, 0.717) is 12.8 Å². The fraction of sp³-hybridized carbons (Fsp3) is 0.529. The van der Waals surface area contributed by atoms with Crippen LogP contribution in [0.4, 0.5) is 0 Å². The third-order valence-corrected chi connectivity index (χ3v) is 2.94. The molecular formula is C17H26O4. The molecule has 0 radical (unpaired) electrons. The Labute approximate surface area is 127 Å². The Balaban J connectivity index is 3.62. The Bertz CT molecular complexity index is 380. The maximum Gasteiger partial charge on any atom is 0.306 e. The van der Waals surface area contributed by atoms with Crippen LogP contribution in [0.5, 0.6) is 0 Å². The lowest BCUT2D eigenvalue weighted by Gasteiger charge is -2.05. The summed E-state index contributed by atoms with van der Waals surface area (Å²) in [5.74, 6) is -0.948. The highest BCUT2D eigenvalue weighted by atomic mass is 16.5. The van der Waals surface area contributed by atoms with Crippen LogP contribution >= 0.6 is 0 Å². The quantitative estimate of drug-likeness (QED) is 0.335. The van der Waals surface area contributed by atoms with Crippen LogP contribution in [-0.4, -0.2) is 23.7 Å². The van der Waals surface area contributed by atoms with Gasteiger partial charge in [-0.05, 0) is 25.3 Å². The number of carbonyl (C=O) groups is 2. The molecule has 0 aliphatic carbocycles. The van der Waals surface area contributed by atoms with Crippen molar-refractivity contribution >= 4 is 11.9 Å². The molecular weight excluding hydrogens is 268 g/mol. The molecule has 0 fully saturated rings. The van der Waals surface area contributed by atoms with Gasteiger partial charge in [0.05, 0.1) is 0 Å². The van der Waals surface area contributed by atoms with Crippen LogP contribution in [0.3, 0.4) is 0 Å². The van der Waals surface area contributed by atoms with Crippen molar-refractivity contribution in [3.8, 4) is 0 Å². The molecule has 0 spiro atoms. The Kier molecular flexibility index (Phi) is 12.0. The molecule has 1 N–H and O–H groups in total. The molecule has 0 aliphatic heterocycles. The van der Waals surface area contributed by atoms with Gasteiger partial charge in [0, 0.05) is 12.8 Å². The van der Waals surface area contributed by atoms with Crippen LogP contribution in [0, 0.1) is 0 Å². The van der Waals surface area contributed by atoms with Crippen molar-refractivity contribution in [3.05, 3.63) is 36.5 Å². The summed E-state index contributed by atoms with van der Waals surface area (Å²) in [6.07, 6.45) is 12.2. The van der Waals surface area contributed by atoms with Gasteiger partial charge < -0.3 is 9.84 Å². The summed E-state index contributed by atoms with van der Waals surface area (Å²) < 4.78 is 5.16. The zero-order chi connectivity index (χ0) is 15.9. The maximum atomic E-state index is 11.5. The fourth-order valence-corrected chi connectivity index (χ4v) is 1.71. The minimum atomic E-state index is -0.748. The van der Waals surface area contributed by atoms with Crippen molar-refractivity contribution in [3.63, 3.8) is 0 Å². The third kappa shape index (κ3) is 12.9. The van der Waals surface area contributed by atoms with Gasteiger partial charge in [-0.3, -0.25) is 9.59 Å². The number of carbonyl (C=O) groups excluding carboxylic acids is 1. The maximum absolute atomic E-state index is 11.5. The van der Waals surface area contributed by atoms with E-state index in [4.69, 9.17) is 9.84 Å². The van der Waals surface area contributed by atoms with Gasteiger partial charge in [0.25, 0.3) is 0 Å². The summed E-state index contributed by atoms with van der Waals surface area (Å²) in [6, 6.07) is 0. The molecule has 0 saturated heterocycles. The zero-order valence-electron chi connectivity index (χ0n) is 12.8. The molecule has 0 amide bonds. The molecule has 118 valence electrons. The molecule has 0 rings (SSSR count). The number of rotatable bonds is 12. The van der Waals surface area contributed by atoms with Crippen LogP contribution < -0.4 is 0 Å². The number of unbranched alkanes of at least 4 members (excludes halogenated alkanes) is 4. The molecule has 4 heteroatoms. The Morgan fingerprint density at radius 1 is 1.10 bits per heavy atom. The molecule has 0 saturated carbocycles. The van der Waals surface area contributed by atoms with Gasteiger partial charge in [0.2, 0.25) is 0 Å². The second-order valence-corrected chi connectivity index (χ2v) is 4.79. The van der Waals surface area contributed by atoms with Crippen LogP contribution in [0.2, 0.25) is 0 Å². The van der Waals surface area contributed by atoms with E-state index in [2.05, 4.69) is 6.58 Å². The smallest absolute Gasteiger partial charge is 0.306 e. The van der Waals surface area contributed by atoms with Gasteiger partial charge >= 0.3 is 11.9 Å². The predicted octanol–water partition coefficient (Wildman–Crippen LogP) is 4.03. The fourth-order valence-electron chi connectivity index (χ4n) is 1.71. The first-order valence-electron chi connectivity index (χ1n) is 7.41. The molecule has 0 aliphatic rings. The second kappa shape index (κ2) is 13.2. The van der Waals surface area contributed by atoms with Gasteiger partial charge in [-0.1, -0.05) is 50.1 Å². The first kappa shape index (κ1) is 19.2. The third-order valence-electron chi connectivity index (χ3n) is 2.94. The minimum Gasteiger partial charge on any atom is -0.481 e. The highest BCUT2D eigenvalue weighted by Gasteiger charge is 2.03. The van der Waals surface area contributed by atoms with E-state index in [1.54, 1.807) is 6.08 Å². The number of hydrogen-bond acceptors (Lipinski definition) is 3. The number of allylic oxidation sites excluding steroid dienone is 3. The number of ether oxygens (including phenoxy) is 1. The largest absolute Gasteiger partial charge is 0.481 e. The van der Waals surface area contributed by atoms with Crippen molar-refractivity contribution in [1.82, 2.24) is 0 Å². The number of carboxylic acid groups (broad SMARTS) is 1. The highest BCUT2D eigenvalue weighted by molar-refractivity contribution is 5.69. The van der Waals surface area contributed by atoms with E-state index in [0.717, 1.165) is 31.3 Å². The molecule has 0 aromatic carbocycles. The summed E-state index contributed by atoms with van der Waals surface area (Å²) in [5, 5.41) is 8.49. The molecule has 0 heterocycles. The first-order chi connectivity index (χ1) is 10.1. The highest BCUT2D eigenvalue weighted by Crippen LogP contribution is 2.08. The Morgan fingerprint density at radius 3 is 2.29 bits per heavy atom. The van der Waals surface area contributed by atoms with Crippen molar-refractivity contribution in [2.24, 2.45) is 0 Å². The number of esters is 1. The van der Waals surface area contributed by atoms with E-state index in [1.165, 1.54) is 0 Å². The lowest BCUT2D eigenvalue weighted by atomic mass is 10.1. The Morgan fingerprint density at radius 2 is 1.71 bits per heavy atom. The van der Waals surface area contributed by atoms with Gasteiger partial charge in [-0.2, -0.15) is 0 Å². The lowest BCUT2D eigenvalue weighted by Crippen LogP contribution is -2.06. The lowest BCUT2D eigenvalue weighted by molar-refractivity contribution is -0.142. The number of hydrogen-bond donors (Lipinski definition) is 1. The summed E-state index contributed by atoms with van der Waals surface area (Å²) in [6.45, 7) is 5.84. The second-order valence-electron chi connectivity index (χ2n) is 4.79. The monoisotopic (exact) mass is 294 g/mol. The minimum absolute atomic E-state index is 0.200. The Hall–Kier alpha value is -1.84. The summed E-state index contributed by atoms with van der Waals surface area (Å²) in [5.41, 5.74) is 0.870. The average Bonchev–Trinajstić information content (AvgIpc) is 2.46. The van der Waals surface area contributed by atoms with Crippen LogP contribution in [-0.2, 0) is 14.3 Å². The van der Waals surface area contributed by atoms with Gasteiger partial charge in [-0.25, -0.2) is 0 Å². The molecule has 0 aromatic rings.